The van der Waals surface area contributed by atoms with Crippen LogP contribution in [0.1, 0.15) is 20.9 Å². The van der Waals surface area contributed by atoms with Crippen molar-refractivity contribution in [2.45, 2.75) is 13.0 Å². The minimum Gasteiger partial charge on any atom is -0.493 e. The highest BCUT2D eigenvalue weighted by Gasteiger charge is 2.12. The topological polar surface area (TPSA) is 127 Å². The predicted octanol–water partition coefficient (Wildman–Crippen LogP) is 2.85. The van der Waals surface area contributed by atoms with E-state index in [0.29, 0.717) is 23.8 Å². The Balaban J connectivity index is 1.56. The van der Waals surface area contributed by atoms with Gasteiger partial charge in [-0.3, -0.25) is 9.35 Å². The van der Waals surface area contributed by atoms with E-state index in [4.69, 9.17) is 14.0 Å². The minimum atomic E-state index is -4.31. The van der Waals surface area contributed by atoms with Crippen molar-refractivity contribution in [3.8, 4) is 17.2 Å². The summed E-state index contributed by atoms with van der Waals surface area (Å²) in [6.07, 6.45) is 2.31. The predicted molar refractivity (Wildman–Crippen MR) is 121 cm³/mol. The molecule has 9 nitrogen and oxygen atoms in total. The molecule has 0 aliphatic carbocycles. The lowest BCUT2D eigenvalue weighted by atomic mass is 10.2. The first-order chi connectivity index (χ1) is 15.3. The molecule has 0 spiro atoms. The number of carbonyl (C=O) groups excluding carboxylic acids is 1. The molecule has 0 aliphatic heterocycles. The number of nitrogens with zero attached hydrogens (tertiary/aromatic N) is 1. The summed E-state index contributed by atoms with van der Waals surface area (Å²) in [6.45, 7) is 1.56. The van der Waals surface area contributed by atoms with Crippen LogP contribution in [-0.2, 0) is 23.1 Å². The zero-order valence-corrected chi connectivity index (χ0v) is 18.9. The summed E-state index contributed by atoms with van der Waals surface area (Å²) in [6, 6.07) is 12.7. The number of methoxy groups -OCH3 is 1. The molecule has 0 saturated carbocycles. The fourth-order valence-corrected chi connectivity index (χ4v) is 3.78. The van der Waals surface area contributed by atoms with Crippen LogP contribution in [0.25, 0.3) is 0 Å². The van der Waals surface area contributed by atoms with Crippen molar-refractivity contribution in [3.63, 3.8) is 0 Å². The van der Waals surface area contributed by atoms with E-state index >= 15 is 0 Å². The van der Waals surface area contributed by atoms with E-state index in [1.54, 1.807) is 24.5 Å². The number of ether oxygens (including phenoxy) is 2. The Morgan fingerprint density at radius 3 is 2.69 bits per heavy atom. The highest BCUT2D eigenvalue weighted by Crippen LogP contribution is 2.32. The number of pyridine rings is 1. The first-order valence-electron chi connectivity index (χ1n) is 9.61. The molecular formula is C21H23N3O6S2. The Kier molecular flexibility index (Phi) is 8.17. The molecule has 0 aliphatic rings. The van der Waals surface area contributed by atoms with Gasteiger partial charge in [0, 0.05) is 18.0 Å². The van der Waals surface area contributed by atoms with E-state index in [9.17, 15) is 13.2 Å². The number of carbonyl (C=O) groups is 1. The molecule has 0 radical (unpaired) electrons. The second-order valence-electron chi connectivity index (χ2n) is 6.70. The van der Waals surface area contributed by atoms with Crippen LogP contribution in [0.5, 0.6) is 17.2 Å². The van der Waals surface area contributed by atoms with Gasteiger partial charge in [0.25, 0.3) is 16.0 Å². The molecule has 0 saturated heterocycles. The molecule has 3 N–H and O–H groups in total. The van der Waals surface area contributed by atoms with E-state index in [2.05, 4.69) is 27.1 Å². The summed E-state index contributed by atoms with van der Waals surface area (Å²) in [5, 5.41) is 7.53. The number of thiophene rings is 1. The molecule has 1 amide bonds. The average molecular weight is 478 g/mol. The third kappa shape index (κ3) is 7.31. The number of aromatic nitrogens is 1. The van der Waals surface area contributed by atoms with Crippen LogP contribution in [0.15, 0.2) is 54.0 Å². The molecule has 2 heterocycles. The molecule has 0 fully saturated rings. The molecule has 32 heavy (non-hydrogen) atoms. The lowest BCUT2D eigenvalue weighted by Gasteiger charge is -2.12. The van der Waals surface area contributed by atoms with Crippen molar-refractivity contribution in [1.29, 1.82) is 0 Å². The molecule has 0 atom stereocenters. The van der Waals surface area contributed by atoms with Crippen molar-refractivity contribution < 1.29 is 27.2 Å². The molecule has 2 aromatic heterocycles. The fraction of sp³-hybridized carbons (Fsp3) is 0.238. The summed E-state index contributed by atoms with van der Waals surface area (Å²) < 4.78 is 41.4. The van der Waals surface area contributed by atoms with Crippen LogP contribution in [0.3, 0.4) is 0 Å². The third-order valence-electron chi connectivity index (χ3n) is 4.30. The number of rotatable bonds is 11. The van der Waals surface area contributed by atoms with Gasteiger partial charge in [-0.15, -0.1) is 11.3 Å². The fourth-order valence-electron chi connectivity index (χ4n) is 2.75. The Labute approximate surface area is 190 Å². The van der Waals surface area contributed by atoms with Crippen molar-refractivity contribution in [1.82, 2.24) is 15.6 Å². The van der Waals surface area contributed by atoms with E-state index in [-0.39, 0.29) is 5.69 Å². The van der Waals surface area contributed by atoms with Gasteiger partial charge < -0.3 is 20.1 Å². The Morgan fingerprint density at radius 1 is 1.19 bits per heavy atom. The van der Waals surface area contributed by atoms with E-state index < -0.39 is 21.9 Å². The standard InChI is InChI=1S/C21H23N3O6S2/c1-29-20-11-15(12-22-9-8-17-3-2-10-31-17)4-7-19(20)30-16-5-6-18(23-13-16)21(25)24-14-32(26,27)28/h2-7,10-11,13,22H,8-9,12,14H2,1H3,(H,24,25)(H,26,27,28). The first-order valence-corrected chi connectivity index (χ1v) is 12.1. The Bertz CT molecular complexity index is 1130. The van der Waals surface area contributed by atoms with E-state index in [0.717, 1.165) is 18.5 Å². The molecular weight excluding hydrogens is 454 g/mol. The lowest BCUT2D eigenvalue weighted by molar-refractivity contribution is 0.0954. The van der Waals surface area contributed by atoms with Crippen molar-refractivity contribution in [3.05, 3.63) is 70.2 Å². The molecule has 0 bridgehead atoms. The van der Waals surface area contributed by atoms with E-state index in [1.165, 1.54) is 23.2 Å². The molecule has 170 valence electrons. The van der Waals surface area contributed by atoms with Gasteiger partial charge in [0.15, 0.2) is 11.5 Å². The van der Waals surface area contributed by atoms with Crippen LogP contribution < -0.4 is 20.1 Å². The Morgan fingerprint density at radius 2 is 2.03 bits per heavy atom. The highest BCUT2D eigenvalue weighted by atomic mass is 32.2. The van der Waals surface area contributed by atoms with Crippen molar-refractivity contribution in [2.24, 2.45) is 0 Å². The quantitative estimate of drug-likeness (QED) is 0.284. The SMILES string of the molecule is COc1cc(CNCCc2cccs2)ccc1Oc1ccc(C(=O)NCS(=O)(=O)O)nc1. The second-order valence-corrected chi connectivity index (χ2v) is 9.19. The summed E-state index contributed by atoms with van der Waals surface area (Å²) in [5.74, 6) is -0.213. The molecule has 11 heteroatoms. The van der Waals surface area contributed by atoms with Crippen molar-refractivity contribution in [2.75, 3.05) is 19.5 Å². The summed E-state index contributed by atoms with van der Waals surface area (Å²) in [7, 11) is -2.75. The van der Waals surface area contributed by atoms with Gasteiger partial charge in [-0.05, 0) is 47.7 Å². The maximum absolute atomic E-state index is 11.9. The molecule has 0 unspecified atom stereocenters. The third-order valence-corrected chi connectivity index (χ3v) is 5.74. The van der Waals surface area contributed by atoms with Crippen LogP contribution in [-0.4, -0.2) is 43.4 Å². The highest BCUT2D eigenvalue weighted by molar-refractivity contribution is 7.85. The van der Waals surface area contributed by atoms with Crippen LogP contribution in [0.4, 0.5) is 0 Å². The number of amides is 1. The number of nitrogens with one attached hydrogen (secondary N) is 2. The van der Waals surface area contributed by atoms with Crippen LogP contribution >= 0.6 is 11.3 Å². The van der Waals surface area contributed by atoms with Gasteiger partial charge >= 0.3 is 0 Å². The normalized spacial score (nSPS) is 11.2. The van der Waals surface area contributed by atoms with Gasteiger partial charge in [-0.25, -0.2) is 4.98 Å². The summed E-state index contributed by atoms with van der Waals surface area (Å²) >= 11 is 1.75. The molecule has 1 aromatic carbocycles. The summed E-state index contributed by atoms with van der Waals surface area (Å²) in [5.41, 5.74) is 1.03. The lowest BCUT2D eigenvalue weighted by Crippen LogP contribution is -2.29. The van der Waals surface area contributed by atoms with Crippen LogP contribution in [0.2, 0.25) is 0 Å². The zero-order chi connectivity index (χ0) is 23.0. The first kappa shape index (κ1) is 23.7. The number of benzene rings is 1. The minimum absolute atomic E-state index is 0.0167. The smallest absolute Gasteiger partial charge is 0.283 e. The summed E-state index contributed by atoms with van der Waals surface area (Å²) in [4.78, 5) is 17.2. The van der Waals surface area contributed by atoms with Crippen molar-refractivity contribution >= 4 is 27.4 Å². The Hall–Kier alpha value is -2.99. The number of hydrogen-bond acceptors (Lipinski definition) is 8. The maximum atomic E-state index is 11.9. The van der Waals surface area contributed by atoms with Crippen LogP contribution in [0, 0.1) is 0 Å². The van der Waals surface area contributed by atoms with Gasteiger partial charge in [0.2, 0.25) is 0 Å². The second kappa shape index (κ2) is 11.0. The largest absolute Gasteiger partial charge is 0.493 e. The molecule has 3 rings (SSSR count). The van der Waals surface area contributed by atoms with E-state index in [1.807, 2.05) is 18.2 Å². The van der Waals surface area contributed by atoms with Gasteiger partial charge in [0.05, 0.1) is 13.3 Å². The molecule has 3 aromatic rings. The maximum Gasteiger partial charge on any atom is 0.283 e. The number of hydrogen-bond donors (Lipinski definition) is 3. The van der Waals surface area contributed by atoms with Gasteiger partial charge in [0.1, 0.15) is 17.3 Å². The van der Waals surface area contributed by atoms with Gasteiger partial charge in [-0.2, -0.15) is 8.42 Å². The zero-order valence-electron chi connectivity index (χ0n) is 17.3. The van der Waals surface area contributed by atoms with Gasteiger partial charge in [-0.1, -0.05) is 12.1 Å². The monoisotopic (exact) mass is 477 g/mol. The average Bonchev–Trinajstić information content (AvgIpc) is 3.29.